The molecule has 1 aliphatic rings. The van der Waals surface area contributed by atoms with Gasteiger partial charge in [-0.15, -0.1) is 0 Å². The largest absolute Gasteiger partial charge is 0.352 e. The smallest absolute Gasteiger partial charge is 0.319 e. The Morgan fingerprint density at radius 3 is 2.74 bits per heavy atom. The van der Waals surface area contributed by atoms with Gasteiger partial charge in [-0.05, 0) is 47.0 Å². The number of amides is 3. The van der Waals surface area contributed by atoms with Crippen LogP contribution in [0.25, 0.3) is 0 Å². The molecule has 1 saturated carbocycles. The molecule has 5 nitrogen and oxygen atoms in total. The normalized spacial score (nSPS) is 13.8. The fourth-order valence-electron chi connectivity index (χ4n) is 1.42. The van der Waals surface area contributed by atoms with Crippen LogP contribution in [0.2, 0.25) is 0 Å². The van der Waals surface area contributed by atoms with Crippen LogP contribution in [-0.2, 0) is 4.79 Å². The number of hydrogen-bond donors (Lipinski definition) is 3. The molecule has 0 aliphatic heterocycles. The van der Waals surface area contributed by atoms with Crippen molar-refractivity contribution >= 4 is 33.6 Å². The molecule has 0 spiro atoms. The lowest BCUT2D eigenvalue weighted by Crippen LogP contribution is -2.39. The molecule has 0 radical (unpaired) electrons. The summed E-state index contributed by atoms with van der Waals surface area (Å²) in [6, 6.07) is 3.67. The zero-order valence-electron chi connectivity index (χ0n) is 10.0. The number of halogens is 2. The van der Waals surface area contributed by atoms with Crippen LogP contribution in [0.4, 0.5) is 14.9 Å². The van der Waals surface area contributed by atoms with Crippen LogP contribution in [0.15, 0.2) is 22.7 Å². The first-order chi connectivity index (χ1) is 9.04. The van der Waals surface area contributed by atoms with Crippen LogP contribution >= 0.6 is 15.9 Å². The van der Waals surface area contributed by atoms with Crippen LogP contribution < -0.4 is 16.0 Å². The van der Waals surface area contributed by atoms with Gasteiger partial charge in [-0.25, -0.2) is 9.18 Å². The third-order valence-electron chi connectivity index (χ3n) is 2.53. The van der Waals surface area contributed by atoms with E-state index < -0.39 is 11.8 Å². The van der Waals surface area contributed by atoms with Gasteiger partial charge in [-0.3, -0.25) is 4.79 Å². The maximum Gasteiger partial charge on any atom is 0.319 e. The molecule has 1 fully saturated rings. The van der Waals surface area contributed by atoms with Crippen molar-refractivity contribution in [1.29, 1.82) is 0 Å². The average Bonchev–Trinajstić information content (AvgIpc) is 3.14. The first-order valence-corrected chi connectivity index (χ1v) is 6.63. The van der Waals surface area contributed by atoms with Gasteiger partial charge in [0, 0.05) is 10.5 Å². The number of anilines is 1. The molecule has 19 heavy (non-hydrogen) atoms. The van der Waals surface area contributed by atoms with Gasteiger partial charge in [-0.2, -0.15) is 0 Å². The van der Waals surface area contributed by atoms with Crippen LogP contribution in [0, 0.1) is 5.82 Å². The fraction of sp³-hybridized carbons (Fsp3) is 0.333. The highest BCUT2D eigenvalue weighted by molar-refractivity contribution is 9.10. The first-order valence-electron chi connectivity index (χ1n) is 5.84. The molecular formula is C12H13BrFN3O2. The maximum atomic E-state index is 12.9. The Balaban J connectivity index is 1.78. The summed E-state index contributed by atoms with van der Waals surface area (Å²) in [6.45, 7) is -0.0822. The molecule has 102 valence electrons. The SMILES string of the molecule is O=C(CNC(=O)Nc1ccc(F)cc1Br)NC1CC1. The number of benzene rings is 1. The topological polar surface area (TPSA) is 70.2 Å². The van der Waals surface area contributed by atoms with E-state index in [-0.39, 0.29) is 18.5 Å². The Bertz CT molecular complexity index is 506. The zero-order chi connectivity index (χ0) is 13.8. The predicted molar refractivity (Wildman–Crippen MR) is 72.3 cm³/mol. The molecule has 1 aromatic carbocycles. The third kappa shape index (κ3) is 4.51. The molecule has 0 atom stereocenters. The second-order valence-electron chi connectivity index (χ2n) is 4.27. The van der Waals surface area contributed by atoms with E-state index in [0.29, 0.717) is 10.2 Å². The molecule has 0 aromatic heterocycles. The Morgan fingerprint density at radius 1 is 1.37 bits per heavy atom. The van der Waals surface area contributed by atoms with Crippen molar-refractivity contribution in [3.8, 4) is 0 Å². The lowest BCUT2D eigenvalue weighted by Gasteiger charge is -2.09. The molecule has 1 aromatic rings. The molecular weight excluding hydrogens is 317 g/mol. The van der Waals surface area contributed by atoms with Crippen molar-refractivity contribution in [2.75, 3.05) is 11.9 Å². The summed E-state index contributed by atoms with van der Waals surface area (Å²) in [7, 11) is 0. The average molecular weight is 330 g/mol. The van der Waals surface area contributed by atoms with Gasteiger partial charge in [0.05, 0.1) is 12.2 Å². The van der Waals surface area contributed by atoms with E-state index in [4.69, 9.17) is 0 Å². The summed E-state index contributed by atoms with van der Waals surface area (Å²) in [5, 5.41) is 7.70. The lowest BCUT2D eigenvalue weighted by molar-refractivity contribution is -0.120. The molecule has 0 bridgehead atoms. The van der Waals surface area contributed by atoms with E-state index in [0.717, 1.165) is 12.8 Å². The minimum absolute atomic E-state index is 0.0822. The van der Waals surface area contributed by atoms with E-state index in [1.54, 1.807) is 0 Å². The molecule has 3 N–H and O–H groups in total. The quantitative estimate of drug-likeness (QED) is 0.790. The lowest BCUT2D eigenvalue weighted by atomic mass is 10.3. The van der Waals surface area contributed by atoms with Gasteiger partial charge in [0.1, 0.15) is 5.82 Å². The summed E-state index contributed by atoms with van der Waals surface area (Å²) in [5.41, 5.74) is 0.432. The third-order valence-corrected chi connectivity index (χ3v) is 3.19. The van der Waals surface area contributed by atoms with E-state index in [2.05, 4.69) is 31.9 Å². The van der Waals surface area contributed by atoms with Crippen molar-refractivity contribution in [1.82, 2.24) is 10.6 Å². The number of carbonyl (C=O) groups is 2. The second-order valence-corrected chi connectivity index (χ2v) is 5.13. The predicted octanol–water partition coefficient (Wildman–Crippen LogP) is 1.99. The van der Waals surface area contributed by atoms with Crippen LogP contribution in [0.1, 0.15) is 12.8 Å². The summed E-state index contributed by atoms with van der Waals surface area (Å²) in [5.74, 6) is -0.613. The fourth-order valence-corrected chi connectivity index (χ4v) is 1.87. The van der Waals surface area contributed by atoms with Gasteiger partial charge >= 0.3 is 6.03 Å². The molecule has 0 saturated heterocycles. The van der Waals surface area contributed by atoms with Crippen LogP contribution in [-0.4, -0.2) is 24.5 Å². The van der Waals surface area contributed by atoms with E-state index in [1.165, 1.54) is 18.2 Å². The van der Waals surface area contributed by atoms with Crippen molar-refractivity contribution in [2.24, 2.45) is 0 Å². The van der Waals surface area contributed by atoms with E-state index in [1.807, 2.05) is 0 Å². The molecule has 3 amide bonds. The number of hydrogen-bond acceptors (Lipinski definition) is 2. The number of carbonyl (C=O) groups excluding carboxylic acids is 2. The van der Waals surface area contributed by atoms with E-state index in [9.17, 15) is 14.0 Å². The van der Waals surface area contributed by atoms with Gasteiger partial charge in [0.15, 0.2) is 0 Å². The van der Waals surface area contributed by atoms with Gasteiger partial charge in [0.2, 0.25) is 5.91 Å². The number of nitrogens with one attached hydrogen (secondary N) is 3. The monoisotopic (exact) mass is 329 g/mol. The Labute approximate surface area is 118 Å². The van der Waals surface area contributed by atoms with Gasteiger partial charge < -0.3 is 16.0 Å². The highest BCUT2D eigenvalue weighted by Crippen LogP contribution is 2.22. The highest BCUT2D eigenvalue weighted by atomic mass is 79.9. The minimum Gasteiger partial charge on any atom is -0.352 e. The summed E-state index contributed by atoms with van der Waals surface area (Å²) >= 11 is 3.13. The molecule has 0 heterocycles. The number of urea groups is 1. The Hall–Kier alpha value is -1.63. The van der Waals surface area contributed by atoms with Gasteiger partial charge in [-0.1, -0.05) is 0 Å². The summed E-state index contributed by atoms with van der Waals surface area (Å²) in [6.07, 6.45) is 2.00. The summed E-state index contributed by atoms with van der Waals surface area (Å²) < 4.78 is 13.3. The van der Waals surface area contributed by atoms with Crippen molar-refractivity contribution < 1.29 is 14.0 Å². The van der Waals surface area contributed by atoms with Crippen LogP contribution in [0.5, 0.6) is 0 Å². The second kappa shape index (κ2) is 6.01. The van der Waals surface area contributed by atoms with Crippen LogP contribution in [0.3, 0.4) is 0 Å². The Morgan fingerprint density at radius 2 is 2.11 bits per heavy atom. The zero-order valence-corrected chi connectivity index (χ0v) is 11.6. The van der Waals surface area contributed by atoms with Gasteiger partial charge in [0.25, 0.3) is 0 Å². The summed E-state index contributed by atoms with van der Waals surface area (Å²) in [4.78, 5) is 22.9. The van der Waals surface area contributed by atoms with Crippen molar-refractivity contribution in [3.05, 3.63) is 28.5 Å². The Kier molecular flexibility index (Phi) is 4.36. The standard InChI is InChI=1S/C12H13BrFN3O2/c13-9-5-7(14)1-4-10(9)17-12(19)15-6-11(18)16-8-2-3-8/h1,4-5,8H,2-3,6H2,(H,16,18)(H2,15,17,19). The highest BCUT2D eigenvalue weighted by Gasteiger charge is 2.23. The molecule has 1 aliphatic carbocycles. The van der Waals surface area contributed by atoms with Crippen molar-refractivity contribution in [3.63, 3.8) is 0 Å². The first kappa shape index (κ1) is 13.8. The molecule has 7 heteroatoms. The molecule has 0 unspecified atom stereocenters. The number of rotatable bonds is 4. The van der Waals surface area contributed by atoms with E-state index >= 15 is 0 Å². The molecule has 2 rings (SSSR count). The van der Waals surface area contributed by atoms with Crippen molar-refractivity contribution in [2.45, 2.75) is 18.9 Å². The maximum absolute atomic E-state index is 12.9. The minimum atomic E-state index is -0.516.